The molecule has 0 aliphatic heterocycles. The average Bonchev–Trinajstić information content (AvgIpc) is 3.14. The smallest absolute Gasteiger partial charge is 0.332 e. The van der Waals surface area contributed by atoms with Crippen molar-refractivity contribution in [1.29, 1.82) is 0 Å². The number of fused-ring (bicyclic) bond motifs is 1. The normalized spacial score (nSPS) is 11.8. The fraction of sp³-hybridized carbons (Fsp3) is 0.182. The number of phenols is 1. The van der Waals surface area contributed by atoms with E-state index in [0.717, 1.165) is 10.1 Å². The molecule has 0 amide bonds. The van der Waals surface area contributed by atoms with Gasteiger partial charge in [0.25, 0.3) is 5.56 Å². The maximum absolute atomic E-state index is 12.9. The highest BCUT2D eigenvalue weighted by atomic mass is 16.3. The van der Waals surface area contributed by atoms with E-state index >= 15 is 0 Å². The highest BCUT2D eigenvalue weighted by Gasteiger charge is 2.19. The Kier molecular flexibility index (Phi) is 5.16. The molecule has 158 valence electrons. The number of rotatable bonds is 5. The molecule has 0 fully saturated rings. The van der Waals surface area contributed by atoms with Crippen molar-refractivity contribution in [3.63, 3.8) is 0 Å². The third-order valence-electron chi connectivity index (χ3n) is 5.15. The number of benzene rings is 2. The van der Waals surface area contributed by atoms with Crippen LogP contribution in [0.1, 0.15) is 18.1 Å². The van der Waals surface area contributed by atoms with Gasteiger partial charge in [-0.2, -0.15) is 10.1 Å². The van der Waals surface area contributed by atoms with Crippen molar-refractivity contribution in [2.45, 2.75) is 13.5 Å². The van der Waals surface area contributed by atoms with E-state index in [1.807, 2.05) is 30.3 Å². The van der Waals surface area contributed by atoms with Crippen LogP contribution in [0.3, 0.4) is 0 Å². The van der Waals surface area contributed by atoms with Crippen molar-refractivity contribution >= 4 is 22.8 Å². The summed E-state index contributed by atoms with van der Waals surface area (Å²) in [6.07, 6.45) is 0. The minimum atomic E-state index is -0.456. The molecule has 0 aliphatic rings. The van der Waals surface area contributed by atoms with Gasteiger partial charge in [-0.1, -0.05) is 42.5 Å². The molecule has 0 aliphatic carbocycles. The Balaban J connectivity index is 1.87. The second-order valence-corrected chi connectivity index (χ2v) is 7.21. The second-order valence-electron chi connectivity index (χ2n) is 7.21. The minimum Gasteiger partial charge on any atom is -0.507 e. The van der Waals surface area contributed by atoms with Crippen molar-refractivity contribution in [3.8, 4) is 5.75 Å². The van der Waals surface area contributed by atoms with E-state index < -0.39 is 11.2 Å². The van der Waals surface area contributed by atoms with Crippen LogP contribution in [0.15, 0.2) is 69.3 Å². The summed E-state index contributed by atoms with van der Waals surface area (Å²) in [5, 5.41) is 14.4. The van der Waals surface area contributed by atoms with E-state index in [9.17, 15) is 14.7 Å². The van der Waals surface area contributed by atoms with Crippen molar-refractivity contribution < 1.29 is 5.11 Å². The van der Waals surface area contributed by atoms with E-state index in [4.69, 9.17) is 0 Å². The molecule has 0 saturated carbocycles. The molecule has 9 nitrogen and oxygen atoms in total. The Morgan fingerprint density at radius 3 is 2.42 bits per heavy atom. The summed E-state index contributed by atoms with van der Waals surface area (Å²) in [7, 11) is 3.02. The SMILES string of the molecule is CC(=NNc1nc2c(c(=O)n(C)c(=O)n2C)n1Cc1ccccc1)c1ccccc1O. The molecule has 0 spiro atoms. The van der Waals surface area contributed by atoms with E-state index in [2.05, 4.69) is 15.5 Å². The predicted octanol–water partition coefficient (Wildman–Crippen LogP) is 2.02. The molecule has 0 radical (unpaired) electrons. The lowest BCUT2D eigenvalue weighted by Gasteiger charge is -2.10. The van der Waals surface area contributed by atoms with E-state index in [0.29, 0.717) is 29.3 Å². The first-order valence-electron chi connectivity index (χ1n) is 9.67. The average molecular weight is 418 g/mol. The van der Waals surface area contributed by atoms with Crippen LogP contribution >= 0.6 is 0 Å². The Labute approximate surface area is 177 Å². The van der Waals surface area contributed by atoms with Crippen molar-refractivity contribution in [2.24, 2.45) is 19.2 Å². The fourth-order valence-electron chi connectivity index (χ4n) is 3.43. The van der Waals surface area contributed by atoms with Gasteiger partial charge in [-0.15, -0.1) is 0 Å². The quantitative estimate of drug-likeness (QED) is 0.381. The van der Waals surface area contributed by atoms with Crippen molar-refractivity contribution in [2.75, 3.05) is 5.43 Å². The molecular weight excluding hydrogens is 396 g/mol. The topological polar surface area (TPSA) is 106 Å². The molecule has 0 saturated heterocycles. The monoisotopic (exact) mass is 418 g/mol. The Morgan fingerprint density at radius 2 is 1.71 bits per heavy atom. The number of aryl methyl sites for hydroxylation is 1. The highest BCUT2D eigenvalue weighted by molar-refractivity contribution is 6.01. The summed E-state index contributed by atoms with van der Waals surface area (Å²) in [5.74, 6) is 0.423. The number of aromatic nitrogens is 4. The first kappa shape index (κ1) is 20.1. The number of nitrogens with one attached hydrogen (secondary N) is 1. The summed E-state index contributed by atoms with van der Waals surface area (Å²) in [5.41, 5.74) is 4.65. The van der Waals surface area contributed by atoms with Gasteiger partial charge in [-0.05, 0) is 24.6 Å². The molecule has 31 heavy (non-hydrogen) atoms. The lowest BCUT2D eigenvalue weighted by atomic mass is 10.1. The highest BCUT2D eigenvalue weighted by Crippen LogP contribution is 2.20. The molecule has 0 atom stereocenters. The zero-order valence-corrected chi connectivity index (χ0v) is 17.4. The number of hydrogen-bond acceptors (Lipinski definition) is 6. The molecule has 4 aromatic rings. The zero-order chi connectivity index (χ0) is 22.1. The van der Waals surface area contributed by atoms with Gasteiger partial charge in [-0.25, -0.2) is 10.2 Å². The number of para-hydroxylation sites is 1. The van der Waals surface area contributed by atoms with Crippen molar-refractivity contribution in [3.05, 3.63) is 86.6 Å². The number of imidazole rings is 1. The fourth-order valence-corrected chi connectivity index (χ4v) is 3.43. The third-order valence-corrected chi connectivity index (χ3v) is 5.15. The Bertz CT molecular complexity index is 1410. The number of phenolic OH excluding ortho intramolecular Hbond substituents is 1. The predicted molar refractivity (Wildman–Crippen MR) is 120 cm³/mol. The maximum Gasteiger partial charge on any atom is 0.332 e. The number of hydrogen-bond donors (Lipinski definition) is 2. The van der Waals surface area contributed by atoms with E-state index in [1.54, 1.807) is 42.8 Å². The zero-order valence-electron chi connectivity index (χ0n) is 17.4. The van der Waals surface area contributed by atoms with Gasteiger partial charge < -0.3 is 5.11 Å². The van der Waals surface area contributed by atoms with Gasteiger partial charge in [0.2, 0.25) is 5.95 Å². The summed E-state index contributed by atoms with van der Waals surface area (Å²) < 4.78 is 4.10. The first-order chi connectivity index (χ1) is 14.9. The maximum atomic E-state index is 12.9. The molecule has 0 unspecified atom stereocenters. The number of nitrogens with zero attached hydrogens (tertiary/aromatic N) is 5. The summed E-state index contributed by atoms with van der Waals surface area (Å²) in [6, 6.07) is 16.5. The minimum absolute atomic E-state index is 0.111. The number of hydrazone groups is 1. The van der Waals surface area contributed by atoms with Gasteiger partial charge in [0.15, 0.2) is 11.2 Å². The lowest BCUT2D eigenvalue weighted by Crippen LogP contribution is -2.37. The van der Waals surface area contributed by atoms with Crippen LogP contribution in [0, 0.1) is 0 Å². The molecule has 0 bridgehead atoms. The summed E-state index contributed by atoms with van der Waals surface area (Å²) >= 11 is 0. The molecular formula is C22H22N6O3. The Hall–Kier alpha value is -4.14. The molecule has 2 aromatic carbocycles. The molecule has 2 N–H and O–H groups in total. The van der Waals surface area contributed by atoms with Gasteiger partial charge in [0.1, 0.15) is 5.75 Å². The summed E-state index contributed by atoms with van der Waals surface area (Å²) in [6.45, 7) is 2.11. The van der Waals surface area contributed by atoms with Crippen LogP contribution < -0.4 is 16.7 Å². The van der Waals surface area contributed by atoms with Crippen LogP contribution in [0.2, 0.25) is 0 Å². The van der Waals surface area contributed by atoms with E-state index in [1.165, 1.54) is 11.6 Å². The van der Waals surface area contributed by atoms with Gasteiger partial charge in [0, 0.05) is 19.7 Å². The van der Waals surface area contributed by atoms with Crippen LogP contribution in [0.5, 0.6) is 5.75 Å². The summed E-state index contributed by atoms with van der Waals surface area (Å²) in [4.78, 5) is 29.8. The lowest BCUT2D eigenvalue weighted by molar-refractivity contribution is 0.474. The largest absolute Gasteiger partial charge is 0.507 e. The van der Waals surface area contributed by atoms with Gasteiger partial charge in [-0.3, -0.25) is 18.5 Å². The standard InChI is InChI=1S/C22H22N6O3/c1-14(16-11-7-8-12-17(16)29)24-25-21-23-19-18(20(30)27(3)22(31)26(19)2)28(21)13-15-9-5-4-6-10-15/h4-12,29H,13H2,1-3H3,(H,23,25). The van der Waals surface area contributed by atoms with Crippen LogP contribution in [-0.4, -0.2) is 29.5 Å². The molecule has 4 rings (SSSR count). The van der Waals surface area contributed by atoms with E-state index in [-0.39, 0.29) is 11.4 Å². The van der Waals surface area contributed by atoms with Crippen molar-refractivity contribution in [1.82, 2.24) is 18.7 Å². The molecule has 2 aromatic heterocycles. The first-order valence-corrected chi connectivity index (χ1v) is 9.67. The third kappa shape index (κ3) is 3.61. The van der Waals surface area contributed by atoms with Crippen LogP contribution in [-0.2, 0) is 20.6 Å². The van der Waals surface area contributed by atoms with Crippen LogP contribution in [0.4, 0.5) is 5.95 Å². The Morgan fingerprint density at radius 1 is 1.03 bits per heavy atom. The number of anilines is 1. The van der Waals surface area contributed by atoms with Gasteiger partial charge in [0.05, 0.1) is 12.3 Å². The number of aromatic hydroxyl groups is 1. The second kappa shape index (κ2) is 7.94. The van der Waals surface area contributed by atoms with Gasteiger partial charge >= 0.3 is 5.69 Å². The molecule has 9 heteroatoms. The molecule has 2 heterocycles. The van der Waals surface area contributed by atoms with Crippen LogP contribution in [0.25, 0.3) is 11.2 Å².